The monoisotopic (exact) mass is 348 g/mol. The van der Waals surface area contributed by atoms with Crippen LogP contribution in [0.2, 0.25) is 0 Å². The van der Waals surface area contributed by atoms with E-state index < -0.39 is 0 Å². The van der Waals surface area contributed by atoms with Crippen LogP contribution in [0.5, 0.6) is 0 Å². The third kappa shape index (κ3) is 2.10. The minimum atomic E-state index is -0.164. The normalized spacial score (nSPS) is 21.5. The van der Waals surface area contributed by atoms with Crippen LogP contribution in [0.25, 0.3) is 0 Å². The van der Waals surface area contributed by atoms with Crippen molar-refractivity contribution in [2.45, 2.75) is 18.4 Å². The predicted molar refractivity (Wildman–Crippen MR) is 74.0 cm³/mol. The first-order valence-electron chi connectivity index (χ1n) is 5.77. The van der Waals surface area contributed by atoms with E-state index in [0.29, 0.717) is 3.57 Å². The van der Waals surface area contributed by atoms with E-state index in [1.807, 2.05) is 28.7 Å². The number of hydrogen-bond acceptors (Lipinski definition) is 3. The summed E-state index contributed by atoms with van der Waals surface area (Å²) in [6.45, 7) is 2.43. The van der Waals surface area contributed by atoms with Gasteiger partial charge in [0.05, 0.1) is 20.5 Å². The topological polar surface area (TPSA) is 33.3 Å². The fourth-order valence-corrected chi connectivity index (χ4v) is 2.92. The Hall–Kier alpha value is -0.560. The Labute approximate surface area is 113 Å². The van der Waals surface area contributed by atoms with Crippen molar-refractivity contribution >= 4 is 34.0 Å². The van der Waals surface area contributed by atoms with Crippen LogP contribution in [0.15, 0.2) is 12.1 Å². The number of ether oxygens (including phenoxy) is 1. The highest BCUT2D eigenvalue weighted by molar-refractivity contribution is 14.1. The summed E-state index contributed by atoms with van der Waals surface area (Å²) in [6, 6.07) is 3.44. The van der Waals surface area contributed by atoms with E-state index in [9.17, 15) is 4.39 Å². The summed E-state index contributed by atoms with van der Waals surface area (Å²) >= 11 is 2.01. The molecule has 2 aliphatic rings. The van der Waals surface area contributed by atoms with E-state index in [4.69, 9.17) is 4.74 Å². The summed E-state index contributed by atoms with van der Waals surface area (Å²) in [5.74, 6) is -0.164. The molecular formula is C12H14FIN2O. The van der Waals surface area contributed by atoms with E-state index >= 15 is 0 Å². The largest absolute Gasteiger partial charge is 0.381 e. The number of rotatable bonds is 0. The van der Waals surface area contributed by atoms with Gasteiger partial charge in [-0.2, -0.15) is 0 Å². The molecule has 0 unspecified atom stereocenters. The zero-order valence-corrected chi connectivity index (χ0v) is 11.5. The van der Waals surface area contributed by atoms with Gasteiger partial charge < -0.3 is 15.4 Å². The molecule has 1 aromatic rings. The second kappa shape index (κ2) is 4.28. The van der Waals surface area contributed by atoms with Gasteiger partial charge in [-0.3, -0.25) is 0 Å². The zero-order chi connectivity index (χ0) is 11.9. The average molecular weight is 348 g/mol. The number of halogens is 2. The Morgan fingerprint density at radius 2 is 2.00 bits per heavy atom. The van der Waals surface area contributed by atoms with Crippen molar-refractivity contribution in [2.24, 2.45) is 0 Å². The highest BCUT2D eigenvalue weighted by Crippen LogP contribution is 2.36. The molecule has 17 heavy (non-hydrogen) atoms. The average Bonchev–Trinajstić information content (AvgIpc) is 2.33. The Kier molecular flexibility index (Phi) is 2.90. The van der Waals surface area contributed by atoms with Gasteiger partial charge in [-0.15, -0.1) is 0 Å². The smallest absolute Gasteiger partial charge is 0.138 e. The molecule has 0 aliphatic carbocycles. The first kappa shape index (κ1) is 11.5. The number of hydrogen-bond donors (Lipinski definition) is 2. The highest BCUT2D eigenvalue weighted by Gasteiger charge is 2.35. The summed E-state index contributed by atoms with van der Waals surface area (Å²) in [5.41, 5.74) is 1.90. The van der Waals surface area contributed by atoms with E-state index in [-0.39, 0.29) is 11.4 Å². The van der Waals surface area contributed by atoms with Crippen molar-refractivity contribution in [1.29, 1.82) is 0 Å². The summed E-state index contributed by atoms with van der Waals surface area (Å²) in [6.07, 6.45) is 1.93. The molecule has 5 heteroatoms. The van der Waals surface area contributed by atoms with E-state index in [2.05, 4.69) is 10.6 Å². The van der Waals surface area contributed by atoms with Crippen LogP contribution < -0.4 is 10.6 Å². The van der Waals surface area contributed by atoms with Crippen LogP contribution in [0.3, 0.4) is 0 Å². The lowest BCUT2D eigenvalue weighted by Crippen LogP contribution is -2.51. The first-order valence-corrected chi connectivity index (χ1v) is 6.85. The maximum Gasteiger partial charge on any atom is 0.138 e. The van der Waals surface area contributed by atoms with Gasteiger partial charge in [0.2, 0.25) is 0 Å². The quantitative estimate of drug-likeness (QED) is 0.708. The van der Waals surface area contributed by atoms with Crippen LogP contribution in [0.4, 0.5) is 15.8 Å². The van der Waals surface area contributed by atoms with E-state index in [1.54, 1.807) is 6.07 Å². The molecule has 1 saturated heterocycles. The fourth-order valence-electron chi connectivity index (χ4n) is 2.45. The highest BCUT2D eigenvalue weighted by atomic mass is 127. The molecule has 0 aromatic heterocycles. The maximum atomic E-state index is 13.6. The molecule has 3 rings (SSSR count). The Balaban J connectivity index is 1.91. The van der Waals surface area contributed by atoms with Crippen LogP contribution in [-0.2, 0) is 4.74 Å². The van der Waals surface area contributed by atoms with Gasteiger partial charge in [0.15, 0.2) is 0 Å². The number of benzene rings is 1. The van der Waals surface area contributed by atoms with Gasteiger partial charge in [-0.1, -0.05) is 0 Å². The van der Waals surface area contributed by atoms with Gasteiger partial charge in [-0.25, -0.2) is 4.39 Å². The lowest BCUT2D eigenvalue weighted by molar-refractivity contribution is 0.0634. The molecule has 92 valence electrons. The van der Waals surface area contributed by atoms with Gasteiger partial charge in [0.25, 0.3) is 0 Å². The van der Waals surface area contributed by atoms with Gasteiger partial charge in [-0.05, 0) is 41.5 Å². The molecule has 2 heterocycles. The van der Waals surface area contributed by atoms with Crippen LogP contribution in [0, 0.1) is 9.39 Å². The SMILES string of the molecule is Fc1cc2c(cc1I)NCC1(CCOCC1)N2. The second-order valence-corrected chi connectivity index (χ2v) is 5.85. The molecule has 0 amide bonds. The van der Waals surface area contributed by atoms with Crippen molar-refractivity contribution in [3.8, 4) is 0 Å². The number of fused-ring (bicyclic) bond motifs is 1. The molecular weight excluding hydrogens is 334 g/mol. The molecule has 1 spiro atoms. The predicted octanol–water partition coefficient (Wildman–Crippen LogP) is 2.82. The van der Waals surface area contributed by atoms with Crippen LogP contribution in [-0.4, -0.2) is 25.3 Å². The Morgan fingerprint density at radius 1 is 1.24 bits per heavy atom. The molecule has 2 aliphatic heterocycles. The van der Waals surface area contributed by atoms with Crippen molar-refractivity contribution in [3.05, 3.63) is 21.5 Å². The molecule has 3 nitrogen and oxygen atoms in total. The number of nitrogens with one attached hydrogen (secondary N) is 2. The zero-order valence-electron chi connectivity index (χ0n) is 9.35. The van der Waals surface area contributed by atoms with Crippen molar-refractivity contribution in [1.82, 2.24) is 0 Å². The van der Waals surface area contributed by atoms with E-state index in [1.165, 1.54) is 0 Å². The first-order chi connectivity index (χ1) is 8.19. The number of anilines is 2. The molecule has 0 bridgehead atoms. The third-order valence-electron chi connectivity index (χ3n) is 3.53. The lowest BCUT2D eigenvalue weighted by atomic mass is 9.87. The Morgan fingerprint density at radius 3 is 2.76 bits per heavy atom. The van der Waals surface area contributed by atoms with Gasteiger partial charge >= 0.3 is 0 Å². The second-order valence-electron chi connectivity index (χ2n) is 4.68. The van der Waals surface area contributed by atoms with Crippen LogP contribution >= 0.6 is 22.6 Å². The standard InChI is InChI=1S/C12H14FIN2O/c13-8-5-11-10(6-9(8)14)15-7-12(16-11)1-3-17-4-2-12/h5-6,15-16H,1-4,7H2. The molecule has 1 fully saturated rings. The minimum absolute atomic E-state index is 0.0322. The summed E-state index contributed by atoms with van der Waals surface area (Å²) in [4.78, 5) is 0. The van der Waals surface area contributed by atoms with Gasteiger partial charge in [0, 0.05) is 25.8 Å². The summed E-state index contributed by atoms with van der Waals surface area (Å²) in [7, 11) is 0. The minimum Gasteiger partial charge on any atom is -0.381 e. The summed E-state index contributed by atoms with van der Waals surface area (Å²) < 4.78 is 19.6. The molecule has 0 atom stereocenters. The van der Waals surface area contributed by atoms with Crippen molar-refractivity contribution in [3.63, 3.8) is 0 Å². The lowest BCUT2D eigenvalue weighted by Gasteiger charge is -2.43. The van der Waals surface area contributed by atoms with Gasteiger partial charge in [0.1, 0.15) is 5.82 Å². The van der Waals surface area contributed by atoms with Crippen molar-refractivity contribution < 1.29 is 9.13 Å². The molecule has 1 aromatic carbocycles. The fraction of sp³-hybridized carbons (Fsp3) is 0.500. The third-order valence-corrected chi connectivity index (χ3v) is 4.35. The van der Waals surface area contributed by atoms with Crippen molar-refractivity contribution in [2.75, 3.05) is 30.4 Å². The molecule has 0 radical (unpaired) electrons. The Bertz CT molecular complexity index is 446. The molecule has 2 N–H and O–H groups in total. The van der Waals surface area contributed by atoms with Crippen LogP contribution in [0.1, 0.15) is 12.8 Å². The maximum absolute atomic E-state index is 13.6. The molecule has 0 saturated carbocycles. The summed E-state index contributed by atoms with van der Waals surface area (Å²) in [5, 5.41) is 6.90. The van der Waals surface area contributed by atoms with E-state index in [0.717, 1.165) is 44.0 Å².